The minimum atomic E-state index is -0.575. The van der Waals surface area contributed by atoms with Gasteiger partial charge in [0.25, 0.3) is 0 Å². The second kappa shape index (κ2) is 11.9. The van der Waals surface area contributed by atoms with E-state index in [0.717, 1.165) is 6.42 Å². The van der Waals surface area contributed by atoms with E-state index in [9.17, 15) is 14.0 Å². The van der Waals surface area contributed by atoms with Crippen LogP contribution < -0.4 is 30.4 Å². The first-order chi connectivity index (χ1) is 19.6. The summed E-state index contributed by atoms with van der Waals surface area (Å²) in [7, 11) is 0. The van der Waals surface area contributed by atoms with Crippen molar-refractivity contribution in [3.63, 3.8) is 0 Å². The third-order valence-electron chi connectivity index (χ3n) is 7.87. The number of amides is 1. The minimum absolute atomic E-state index is 0.000472. The van der Waals surface area contributed by atoms with Crippen LogP contribution in [0.2, 0.25) is 0 Å². The lowest BCUT2D eigenvalue weighted by Crippen LogP contribution is -2.27. The Balaban J connectivity index is 1.27. The maximum Gasteiger partial charge on any atom is 0.414 e. The van der Waals surface area contributed by atoms with Gasteiger partial charge in [0.2, 0.25) is 0 Å². The summed E-state index contributed by atoms with van der Waals surface area (Å²) < 4.78 is 49.2. The van der Waals surface area contributed by atoms with Crippen molar-refractivity contribution in [2.45, 2.75) is 45.8 Å². The van der Waals surface area contributed by atoms with E-state index in [0.29, 0.717) is 54.4 Å². The van der Waals surface area contributed by atoms with E-state index in [1.54, 1.807) is 32.3 Å². The van der Waals surface area contributed by atoms with Crippen LogP contribution in [-0.4, -0.2) is 56.2 Å². The van der Waals surface area contributed by atoms with Gasteiger partial charge in [-0.3, -0.25) is 9.69 Å². The number of halogens is 2. The third-order valence-corrected chi connectivity index (χ3v) is 7.87. The Kier molecular flexibility index (Phi) is 8.35. The van der Waals surface area contributed by atoms with Gasteiger partial charge in [-0.15, -0.1) is 0 Å². The number of aryl methyl sites for hydroxylation is 2. The van der Waals surface area contributed by atoms with Crippen molar-refractivity contribution in [3.8, 4) is 11.5 Å². The molecule has 2 N–H and O–H groups in total. The van der Waals surface area contributed by atoms with E-state index in [2.05, 4.69) is 0 Å². The first-order valence-corrected chi connectivity index (χ1v) is 13.9. The van der Waals surface area contributed by atoms with Crippen molar-refractivity contribution >= 4 is 17.5 Å². The predicted octanol–water partition coefficient (Wildman–Crippen LogP) is 4.40. The molecule has 4 heterocycles. The summed E-state index contributed by atoms with van der Waals surface area (Å²) in [5.74, 6) is -0.369. The number of anilines is 2. The molecule has 0 spiro atoms. The van der Waals surface area contributed by atoms with Gasteiger partial charge in [0.15, 0.2) is 28.6 Å². The van der Waals surface area contributed by atoms with E-state index < -0.39 is 23.8 Å². The number of cyclic esters (lactones) is 1. The van der Waals surface area contributed by atoms with Crippen LogP contribution >= 0.6 is 0 Å². The Morgan fingerprint density at radius 1 is 1.07 bits per heavy atom. The average molecular weight is 571 g/mol. The number of hydrogen-bond donors (Lipinski definition) is 1. The first-order valence-electron chi connectivity index (χ1n) is 13.9. The second-order valence-electron chi connectivity index (χ2n) is 11.0. The number of ether oxygens (including phenoxy) is 3. The molecule has 1 aromatic heterocycles. The predicted molar refractivity (Wildman–Crippen MR) is 151 cm³/mol. The zero-order valence-corrected chi connectivity index (χ0v) is 23.6. The van der Waals surface area contributed by atoms with Gasteiger partial charge in [-0.1, -0.05) is 0 Å². The Hall–Kier alpha value is -3.86. The number of benzene rings is 1. The van der Waals surface area contributed by atoms with Gasteiger partial charge in [0.1, 0.15) is 18.4 Å². The number of nitrogens with zero attached hydrogens (tertiary/aromatic N) is 3. The highest BCUT2D eigenvalue weighted by atomic mass is 19.1. The number of aromatic nitrogens is 1. The lowest BCUT2D eigenvalue weighted by Gasteiger charge is -2.27. The van der Waals surface area contributed by atoms with Crippen molar-refractivity contribution in [2.75, 3.05) is 49.2 Å². The molecule has 5 rings (SSSR count). The second-order valence-corrected chi connectivity index (χ2v) is 11.0. The van der Waals surface area contributed by atoms with E-state index in [1.807, 2.05) is 16.4 Å². The number of rotatable bonds is 7. The summed E-state index contributed by atoms with van der Waals surface area (Å²) in [5.41, 5.74) is 6.94. The van der Waals surface area contributed by atoms with E-state index in [1.165, 1.54) is 23.1 Å². The molecule has 1 amide bonds. The standard InChI is InChI=1S/C30H36F2N4O5/c1-18-10-25(32)28(27-16-35(20(3)17-40-27)13-19(2)29(18)37)34-8-6-21(14-34)7-9-39-26-5-4-22(11-24(26)31)36-15-23(12-33)41-30(36)38/h4-5,10-11,13,16,20-21,23H,6-9,12,14-15,17,33H2,1-3H3/t20?,21?,23-/m0/s1. The Labute approximate surface area is 237 Å². The summed E-state index contributed by atoms with van der Waals surface area (Å²) in [6.07, 6.45) is 4.02. The van der Waals surface area contributed by atoms with E-state index in [-0.39, 0.29) is 42.8 Å². The molecule has 3 atom stereocenters. The van der Waals surface area contributed by atoms with Crippen LogP contribution in [0.25, 0.3) is 0 Å². The van der Waals surface area contributed by atoms with Crippen LogP contribution in [0.3, 0.4) is 0 Å². The highest BCUT2D eigenvalue weighted by Gasteiger charge is 2.32. The Bertz CT molecular complexity index is 1450. The van der Waals surface area contributed by atoms with E-state index in [4.69, 9.17) is 19.9 Å². The summed E-state index contributed by atoms with van der Waals surface area (Å²) in [4.78, 5) is 28.1. The van der Waals surface area contributed by atoms with Gasteiger partial charge in [0, 0.05) is 43.7 Å². The normalized spacial score (nSPS) is 21.4. The minimum Gasteiger partial charge on any atom is -0.491 e. The molecular weight excluding hydrogens is 534 g/mol. The molecule has 1 aromatic carbocycles. The summed E-state index contributed by atoms with van der Waals surface area (Å²) >= 11 is 0. The molecule has 0 saturated carbocycles. The third kappa shape index (κ3) is 6.09. The molecule has 9 nitrogen and oxygen atoms in total. The van der Waals surface area contributed by atoms with Gasteiger partial charge in [0.05, 0.1) is 24.9 Å². The number of fused-ring (bicyclic) bond motifs is 2. The zero-order chi connectivity index (χ0) is 29.3. The molecular formula is C30H36F2N4O5. The molecule has 0 radical (unpaired) electrons. The molecule has 3 aliphatic rings. The smallest absolute Gasteiger partial charge is 0.414 e. The topological polar surface area (TPSA) is 99.3 Å². The van der Waals surface area contributed by atoms with Crippen molar-refractivity contribution in [2.24, 2.45) is 11.7 Å². The first kappa shape index (κ1) is 28.7. The van der Waals surface area contributed by atoms with Gasteiger partial charge < -0.3 is 29.4 Å². The summed E-state index contributed by atoms with van der Waals surface area (Å²) in [5, 5.41) is 0. The number of hydrogen-bond acceptors (Lipinski definition) is 7. The van der Waals surface area contributed by atoms with Gasteiger partial charge in [-0.2, -0.15) is 0 Å². The van der Waals surface area contributed by atoms with Crippen molar-refractivity contribution in [1.82, 2.24) is 4.57 Å². The SMILES string of the molecule is Cc1cc(F)c(N2CCC(CCOc3ccc(N4C[C@H](CN)OC4=O)cc3F)C2)c2cn(cc(C)c1=O)C(C)CO2. The Morgan fingerprint density at radius 2 is 1.88 bits per heavy atom. The van der Waals surface area contributed by atoms with Gasteiger partial charge in [-0.05, 0) is 63.3 Å². The largest absolute Gasteiger partial charge is 0.491 e. The molecule has 0 aliphatic carbocycles. The maximum atomic E-state index is 15.7. The van der Waals surface area contributed by atoms with Crippen molar-refractivity contribution < 1.29 is 27.8 Å². The highest BCUT2D eigenvalue weighted by molar-refractivity contribution is 5.89. The van der Waals surface area contributed by atoms with Crippen LogP contribution in [0.1, 0.15) is 36.9 Å². The molecule has 2 bridgehead atoms. The van der Waals surface area contributed by atoms with Crippen LogP contribution in [-0.2, 0) is 4.74 Å². The van der Waals surface area contributed by atoms with Crippen molar-refractivity contribution in [3.05, 3.63) is 69.6 Å². The fraction of sp³-hybridized carbons (Fsp3) is 0.467. The molecule has 220 valence electrons. The van der Waals surface area contributed by atoms with Gasteiger partial charge >= 0.3 is 6.09 Å². The number of carbonyl (C=O) groups is 1. The molecule has 2 unspecified atom stereocenters. The molecule has 2 fully saturated rings. The van der Waals surface area contributed by atoms with Crippen LogP contribution in [0.15, 0.2) is 41.5 Å². The molecule has 11 heteroatoms. The lowest BCUT2D eigenvalue weighted by molar-refractivity contribution is 0.145. The zero-order valence-electron chi connectivity index (χ0n) is 23.6. The van der Waals surface area contributed by atoms with Gasteiger partial charge in [-0.25, -0.2) is 13.6 Å². The van der Waals surface area contributed by atoms with Crippen LogP contribution in [0, 0.1) is 31.4 Å². The Morgan fingerprint density at radius 3 is 2.61 bits per heavy atom. The summed E-state index contributed by atoms with van der Waals surface area (Å²) in [6, 6.07) is 5.65. The number of carbonyl (C=O) groups excluding carboxylic acids is 1. The van der Waals surface area contributed by atoms with Crippen molar-refractivity contribution in [1.29, 1.82) is 0 Å². The average Bonchev–Trinajstić information content (AvgIpc) is 3.56. The molecule has 41 heavy (non-hydrogen) atoms. The monoisotopic (exact) mass is 570 g/mol. The van der Waals surface area contributed by atoms with Crippen LogP contribution in [0.5, 0.6) is 11.5 Å². The fourth-order valence-corrected chi connectivity index (χ4v) is 5.47. The van der Waals surface area contributed by atoms with Crippen LogP contribution in [0.4, 0.5) is 25.0 Å². The maximum absolute atomic E-state index is 15.7. The lowest BCUT2D eigenvalue weighted by atomic mass is 10.1. The quantitative estimate of drug-likeness (QED) is 0.527. The molecule has 2 aromatic rings. The fourth-order valence-electron chi connectivity index (χ4n) is 5.47. The number of nitrogens with two attached hydrogens (primary N) is 1. The molecule has 3 aliphatic heterocycles. The highest BCUT2D eigenvalue weighted by Crippen LogP contribution is 2.37. The summed E-state index contributed by atoms with van der Waals surface area (Å²) in [6.45, 7) is 7.62. The molecule has 2 saturated heterocycles. The van der Waals surface area contributed by atoms with E-state index >= 15 is 4.39 Å².